The van der Waals surface area contributed by atoms with Gasteiger partial charge in [0, 0.05) is 19.6 Å². The molecule has 0 rings (SSSR count). The standard InChI is InChI=1S/C6H11N3O3/c1-4(10)9-8-3-2-5(7)6(11)12/h3,5H,2,7H2,1H3,(H,9,10)(H,11,12)/b8-3+/t5-/m0/s1. The molecule has 0 unspecified atom stereocenters. The highest BCUT2D eigenvalue weighted by Crippen LogP contribution is 1.82. The number of nitrogens with one attached hydrogen (secondary N) is 1. The number of carbonyl (C=O) groups excluding carboxylic acids is 1. The number of nitrogens with two attached hydrogens (primary N) is 1. The zero-order chi connectivity index (χ0) is 9.56. The minimum atomic E-state index is -1.09. The lowest BCUT2D eigenvalue weighted by Gasteiger charge is -1.99. The van der Waals surface area contributed by atoms with Crippen molar-refractivity contribution in [3.8, 4) is 0 Å². The number of hydrogen-bond donors (Lipinski definition) is 3. The Labute approximate surface area is 69.4 Å². The maximum absolute atomic E-state index is 10.2. The third-order valence-corrected chi connectivity index (χ3v) is 0.990. The van der Waals surface area contributed by atoms with Gasteiger partial charge < -0.3 is 10.8 Å². The van der Waals surface area contributed by atoms with Crippen LogP contribution in [0.2, 0.25) is 0 Å². The maximum Gasteiger partial charge on any atom is 0.320 e. The molecular weight excluding hydrogens is 162 g/mol. The summed E-state index contributed by atoms with van der Waals surface area (Å²) in [7, 11) is 0. The van der Waals surface area contributed by atoms with Crippen LogP contribution in [0.15, 0.2) is 5.10 Å². The molecule has 0 aromatic heterocycles. The van der Waals surface area contributed by atoms with Gasteiger partial charge in [-0.15, -0.1) is 0 Å². The van der Waals surface area contributed by atoms with Crippen molar-refractivity contribution in [1.82, 2.24) is 5.43 Å². The van der Waals surface area contributed by atoms with Gasteiger partial charge >= 0.3 is 5.97 Å². The van der Waals surface area contributed by atoms with Crippen LogP contribution in [0.1, 0.15) is 13.3 Å². The highest BCUT2D eigenvalue weighted by atomic mass is 16.4. The SMILES string of the molecule is CC(=O)N/N=C/C[C@H](N)C(=O)O. The van der Waals surface area contributed by atoms with E-state index in [0.29, 0.717) is 0 Å². The van der Waals surface area contributed by atoms with Crippen molar-refractivity contribution >= 4 is 18.1 Å². The first-order chi connectivity index (χ1) is 5.54. The number of aliphatic carboxylic acids is 1. The molecule has 6 nitrogen and oxygen atoms in total. The van der Waals surface area contributed by atoms with Crippen molar-refractivity contribution in [3.63, 3.8) is 0 Å². The Morgan fingerprint density at radius 1 is 1.75 bits per heavy atom. The normalized spacial score (nSPS) is 12.8. The number of rotatable bonds is 4. The van der Waals surface area contributed by atoms with E-state index in [1.165, 1.54) is 13.1 Å². The predicted molar refractivity (Wildman–Crippen MR) is 42.5 cm³/mol. The lowest BCUT2D eigenvalue weighted by Crippen LogP contribution is -2.30. The zero-order valence-electron chi connectivity index (χ0n) is 6.65. The summed E-state index contributed by atoms with van der Waals surface area (Å²) in [6.45, 7) is 1.30. The average Bonchev–Trinajstić information content (AvgIpc) is 1.97. The molecule has 0 aliphatic rings. The molecule has 1 atom stereocenters. The van der Waals surface area contributed by atoms with Crippen LogP contribution >= 0.6 is 0 Å². The third-order valence-electron chi connectivity index (χ3n) is 0.990. The van der Waals surface area contributed by atoms with E-state index in [0.717, 1.165) is 0 Å². The Bertz CT molecular complexity index is 202. The van der Waals surface area contributed by atoms with Crippen LogP contribution in [0.4, 0.5) is 0 Å². The summed E-state index contributed by atoms with van der Waals surface area (Å²) in [6, 6.07) is -0.970. The summed E-state index contributed by atoms with van der Waals surface area (Å²) in [4.78, 5) is 20.4. The van der Waals surface area contributed by atoms with Crippen molar-refractivity contribution < 1.29 is 14.7 Å². The van der Waals surface area contributed by atoms with Crippen LogP contribution in [-0.2, 0) is 9.59 Å². The molecule has 4 N–H and O–H groups in total. The fourth-order valence-electron chi connectivity index (χ4n) is 0.404. The molecule has 0 heterocycles. The molecule has 0 aromatic carbocycles. The lowest BCUT2D eigenvalue weighted by molar-refractivity contribution is -0.138. The van der Waals surface area contributed by atoms with Crippen molar-refractivity contribution in [2.24, 2.45) is 10.8 Å². The van der Waals surface area contributed by atoms with E-state index in [-0.39, 0.29) is 12.3 Å². The minimum absolute atomic E-state index is 0.0929. The van der Waals surface area contributed by atoms with Gasteiger partial charge in [-0.3, -0.25) is 9.59 Å². The molecule has 0 spiro atoms. The zero-order valence-corrected chi connectivity index (χ0v) is 6.65. The van der Waals surface area contributed by atoms with Gasteiger partial charge in [0.25, 0.3) is 0 Å². The van der Waals surface area contributed by atoms with Crippen molar-refractivity contribution in [1.29, 1.82) is 0 Å². The molecule has 1 amide bonds. The monoisotopic (exact) mass is 173 g/mol. The number of carbonyl (C=O) groups is 2. The highest BCUT2D eigenvalue weighted by Gasteiger charge is 2.08. The first kappa shape index (κ1) is 10.6. The minimum Gasteiger partial charge on any atom is -0.480 e. The Morgan fingerprint density at radius 2 is 2.33 bits per heavy atom. The quantitative estimate of drug-likeness (QED) is 0.371. The second-order valence-electron chi connectivity index (χ2n) is 2.16. The molecule has 0 radical (unpaired) electrons. The first-order valence-electron chi connectivity index (χ1n) is 3.30. The van der Waals surface area contributed by atoms with Crippen LogP contribution in [0.5, 0.6) is 0 Å². The molecule has 0 fully saturated rings. The van der Waals surface area contributed by atoms with Gasteiger partial charge in [-0.1, -0.05) is 0 Å². The van der Waals surface area contributed by atoms with Crippen LogP contribution in [0.25, 0.3) is 0 Å². The summed E-state index contributed by atoms with van der Waals surface area (Å²) in [6.07, 6.45) is 1.34. The number of nitrogens with zero attached hydrogens (tertiary/aromatic N) is 1. The van der Waals surface area contributed by atoms with Crippen molar-refractivity contribution in [2.75, 3.05) is 0 Å². The van der Waals surface area contributed by atoms with Crippen LogP contribution in [-0.4, -0.2) is 29.2 Å². The summed E-state index contributed by atoms with van der Waals surface area (Å²) in [5.74, 6) is -1.40. The van der Waals surface area contributed by atoms with E-state index >= 15 is 0 Å². The smallest absolute Gasteiger partial charge is 0.320 e. The number of hydrogen-bond acceptors (Lipinski definition) is 4. The Balaban J connectivity index is 3.60. The van der Waals surface area contributed by atoms with Crippen LogP contribution < -0.4 is 11.2 Å². The number of amides is 1. The maximum atomic E-state index is 10.2. The topological polar surface area (TPSA) is 105 Å². The second kappa shape index (κ2) is 5.25. The van der Waals surface area contributed by atoms with E-state index in [9.17, 15) is 9.59 Å². The van der Waals surface area contributed by atoms with Gasteiger partial charge in [0.1, 0.15) is 6.04 Å². The Hall–Kier alpha value is -1.43. The summed E-state index contributed by atoms with van der Waals surface area (Å²) >= 11 is 0. The largest absolute Gasteiger partial charge is 0.480 e. The molecule has 0 bridgehead atoms. The van der Waals surface area contributed by atoms with Crippen molar-refractivity contribution in [2.45, 2.75) is 19.4 Å². The molecule has 6 heteroatoms. The van der Waals surface area contributed by atoms with E-state index < -0.39 is 12.0 Å². The Morgan fingerprint density at radius 3 is 2.75 bits per heavy atom. The number of carboxylic acids is 1. The van der Waals surface area contributed by atoms with Gasteiger partial charge in [0.05, 0.1) is 0 Å². The molecule has 68 valence electrons. The number of hydrazone groups is 1. The predicted octanol–water partition coefficient (Wildman–Crippen LogP) is -1.09. The van der Waals surface area contributed by atoms with Crippen molar-refractivity contribution in [3.05, 3.63) is 0 Å². The Kier molecular flexibility index (Phi) is 4.62. The van der Waals surface area contributed by atoms with Crippen LogP contribution in [0.3, 0.4) is 0 Å². The average molecular weight is 173 g/mol. The van der Waals surface area contributed by atoms with Gasteiger partial charge in [0.15, 0.2) is 0 Å². The first-order valence-corrected chi connectivity index (χ1v) is 3.30. The van der Waals surface area contributed by atoms with E-state index in [4.69, 9.17) is 10.8 Å². The van der Waals surface area contributed by atoms with Crippen LogP contribution in [0, 0.1) is 0 Å². The van der Waals surface area contributed by atoms with E-state index in [1.54, 1.807) is 0 Å². The summed E-state index contributed by atoms with van der Waals surface area (Å²) in [5.41, 5.74) is 7.25. The molecular formula is C6H11N3O3. The fourth-order valence-corrected chi connectivity index (χ4v) is 0.404. The molecule has 0 aliphatic heterocycles. The second-order valence-corrected chi connectivity index (χ2v) is 2.16. The van der Waals surface area contributed by atoms with Gasteiger partial charge in [-0.05, 0) is 0 Å². The number of carboxylic acid groups (broad SMARTS) is 1. The fraction of sp³-hybridized carbons (Fsp3) is 0.500. The van der Waals surface area contributed by atoms with Gasteiger partial charge in [-0.25, -0.2) is 5.43 Å². The van der Waals surface area contributed by atoms with Gasteiger partial charge in [-0.2, -0.15) is 5.10 Å². The molecule has 0 aromatic rings. The van der Waals surface area contributed by atoms with Gasteiger partial charge in [0.2, 0.25) is 5.91 Å². The molecule has 0 aliphatic carbocycles. The molecule has 0 saturated heterocycles. The molecule has 0 saturated carbocycles. The molecule has 12 heavy (non-hydrogen) atoms. The van der Waals surface area contributed by atoms with E-state index in [2.05, 4.69) is 10.5 Å². The lowest BCUT2D eigenvalue weighted by atomic mass is 10.2. The summed E-state index contributed by atoms with van der Waals surface area (Å²) < 4.78 is 0. The third kappa shape index (κ3) is 5.36. The highest BCUT2D eigenvalue weighted by molar-refractivity contribution is 5.78. The van der Waals surface area contributed by atoms with E-state index in [1.807, 2.05) is 0 Å². The summed E-state index contributed by atoms with van der Waals surface area (Å²) in [5, 5.41) is 11.7.